The highest BCUT2D eigenvalue weighted by Crippen LogP contribution is 2.60. The Kier molecular flexibility index (Phi) is 2.09. The van der Waals surface area contributed by atoms with Gasteiger partial charge >= 0.3 is 5.97 Å². The fourth-order valence-electron chi connectivity index (χ4n) is 3.59. The monoisotopic (exact) mass is 245 g/mol. The van der Waals surface area contributed by atoms with E-state index >= 15 is 0 Å². The summed E-state index contributed by atoms with van der Waals surface area (Å²) in [6, 6.07) is 9.91. The first-order chi connectivity index (χ1) is 8.50. The molecule has 2 aliphatic heterocycles. The van der Waals surface area contributed by atoms with Crippen molar-refractivity contribution in [1.29, 1.82) is 0 Å². The van der Waals surface area contributed by atoms with Gasteiger partial charge in [-0.3, -0.25) is 4.79 Å². The van der Waals surface area contributed by atoms with Crippen molar-refractivity contribution >= 4 is 11.9 Å². The topological polar surface area (TPSA) is 57.6 Å². The molecule has 2 bridgehead atoms. The molecule has 0 aromatic heterocycles. The lowest BCUT2D eigenvalue weighted by Crippen LogP contribution is -2.57. The zero-order valence-electron chi connectivity index (χ0n) is 10.2. The normalized spacial score (nSPS) is 33.1. The maximum absolute atomic E-state index is 11.6. The van der Waals surface area contributed by atoms with Gasteiger partial charge < -0.3 is 10.0 Å². The molecule has 0 radical (unpaired) electrons. The summed E-state index contributed by atoms with van der Waals surface area (Å²) in [5, 5.41) is 9.40. The fourth-order valence-corrected chi connectivity index (χ4v) is 3.59. The molecule has 4 nitrogen and oxygen atoms in total. The molecule has 4 rings (SSSR count). The molecule has 1 saturated carbocycles. The van der Waals surface area contributed by atoms with E-state index in [1.807, 2.05) is 30.3 Å². The summed E-state index contributed by atoms with van der Waals surface area (Å²) < 4.78 is 0. The molecule has 4 heteroatoms. The van der Waals surface area contributed by atoms with E-state index in [1.54, 1.807) is 0 Å². The summed E-state index contributed by atoms with van der Waals surface area (Å²) in [5.74, 6) is -1.02. The number of benzene rings is 1. The fraction of sp³-hybridized carbons (Fsp3) is 0.429. The molecular weight excluding hydrogens is 230 g/mol. The summed E-state index contributed by atoms with van der Waals surface area (Å²) in [4.78, 5) is 24.6. The number of hydrogen-bond acceptors (Lipinski definition) is 2. The molecule has 2 heterocycles. The number of amides is 1. The van der Waals surface area contributed by atoms with Gasteiger partial charge in [0, 0.05) is 18.9 Å². The number of aliphatic carboxylic acids is 1. The van der Waals surface area contributed by atoms with Crippen molar-refractivity contribution in [3.05, 3.63) is 35.9 Å². The summed E-state index contributed by atoms with van der Waals surface area (Å²) in [5.41, 5.74) is 0.0399. The lowest BCUT2D eigenvalue weighted by atomic mass is 9.59. The van der Waals surface area contributed by atoms with Crippen LogP contribution in [0.4, 0.5) is 0 Å². The summed E-state index contributed by atoms with van der Waals surface area (Å²) in [7, 11) is 0. The third-order valence-electron chi connectivity index (χ3n) is 4.40. The van der Waals surface area contributed by atoms with Gasteiger partial charge in [0.25, 0.3) is 0 Å². The smallest absolute Gasteiger partial charge is 0.329 e. The lowest BCUT2D eigenvalue weighted by molar-refractivity contribution is -0.158. The highest BCUT2D eigenvalue weighted by Gasteiger charge is 2.70. The first-order valence-electron chi connectivity index (χ1n) is 6.07. The predicted octanol–water partition coefficient (Wildman–Crippen LogP) is 1.40. The van der Waals surface area contributed by atoms with Crippen molar-refractivity contribution < 1.29 is 14.7 Å². The molecule has 1 aliphatic carbocycles. The molecule has 2 saturated heterocycles. The van der Waals surface area contributed by atoms with E-state index in [-0.39, 0.29) is 11.3 Å². The first kappa shape index (κ1) is 11.3. The van der Waals surface area contributed by atoms with Gasteiger partial charge in [0.1, 0.15) is 5.54 Å². The molecule has 1 amide bonds. The van der Waals surface area contributed by atoms with E-state index in [0.29, 0.717) is 19.4 Å². The van der Waals surface area contributed by atoms with E-state index < -0.39 is 11.5 Å². The van der Waals surface area contributed by atoms with Crippen LogP contribution in [0.15, 0.2) is 30.3 Å². The molecule has 3 aliphatic rings. The van der Waals surface area contributed by atoms with Crippen LogP contribution >= 0.6 is 0 Å². The van der Waals surface area contributed by atoms with Gasteiger partial charge in [-0.05, 0) is 18.4 Å². The Hall–Kier alpha value is -1.84. The van der Waals surface area contributed by atoms with Crippen molar-refractivity contribution in [3.63, 3.8) is 0 Å². The first-order valence-corrected chi connectivity index (χ1v) is 6.07. The Balaban J connectivity index is 1.99. The standard InChI is InChI=1S/C14H15NO3/c1-10(16)15-9-13(11-5-3-2-4-6-11)7-14(15,8-13)12(17)18/h2-6H,7-9H2,1H3,(H,17,18). The Morgan fingerprint density at radius 2 is 1.83 bits per heavy atom. The predicted molar refractivity (Wildman–Crippen MR) is 65.1 cm³/mol. The SMILES string of the molecule is CC(=O)N1CC2(c3ccccc3)CC1(C(=O)O)C2. The number of fused-ring (bicyclic) bond motifs is 1. The van der Waals surface area contributed by atoms with Gasteiger partial charge in [-0.2, -0.15) is 0 Å². The average Bonchev–Trinajstić information content (AvgIpc) is 2.82. The van der Waals surface area contributed by atoms with Gasteiger partial charge in [0.15, 0.2) is 0 Å². The summed E-state index contributed by atoms with van der Waals surface area (Å²) in [6.07, 6.45) is 1.08. The number of carbonyl (C=O) groups is 2. The largest absolute Gasteiger partial charge is 0.479 e. The molecule has 94 valence electrons. The maximum Gasteiger partial charge on any atom is 0.329 e. The second-order valence-corrected chi connectivity index (χ2v) is 5.44. The van der Waals surface area contributed by atoms with Gasteiger partial charge in [0.05, 0.1) is 0 Å². The minimum absolute atomic E-state index is 0.146. The van der Waals surface area contributed by atoms with Crippen LogP contribution in [0.3, 0.4) is 0 Å². The van der Waals surface area contributed by atoms with Crippen LogP contribution in [0.2, 0.25) is 0 Å². The van der Waals surface area contributed by atoms with Crippen LogP contribution in [0, 0.1) is 0 Å². The Labute approximate surface area is 105 Å². The van der Waals surface area contributed by atoms with Gasteiger partial charge in [-0.1, -0.05) is 30.3 Å². The Bertz CT molecular complexity index is 512. The molecule has 18 heavy (non-hydrogen) atoms. The maximum atomic E-state index is 11.6. The quantitative estimate of drug-likeness (QED) is 0.857. The zero-order chi connectivity index (χ0) is 13.0. The van der Waals surface area contributed by atoms with Crippen LogP contribution in [-0.4, -0.2) is 34.0 Å². The van der Waals surface area contributed by atoms with Crippen LogP contribution in [-0.2, 0) is 15.0 Å². The van der Waals surface area contributed by atoms with E-state index in [2.05, 4.69) is 0 Å². The molecule has 0 spiro atoms. The zero-order valence-corrected chi connectivity index (χ0v) is 10.2. The number of nitrogens with zero attached hydrogens (tertiary/aromatic N) is 1. The molecule has 1 aromatic rings. The minimum atomic E-state index is -0.957. The second kappa shape index (κ2) is 3.34. The van der Waals surface area contributed by atoms with Crippen LogP contribution in [0.25, 0.3) is 0 Å². The van der Waals surface area contributed by atoms with Crippen LogP contribution < -0.4 is 0 Å². The minimum Gasteiger partial charge on any atom is -0.479 e. The Morgan fingerprint density at radius 1 is 1.22 bits per heavy atom. The molecule has 0 atom stereocenters. The van der Waals surface area contributed by atoms with Crippen molar-refractivity contribution in [1.82, 2.24) is 4.90 Å². The van der Waals surface area contributed by atoms with Crippen LogP contribution in [0.1, 0.15) is 25.3 Å². The number of rotatable bonds is 2. The van der Waals surface area contributed by atoms with Crippen molar-refractivity contribution in [2.24, 2.45) is 0 Å². The average molecular weight is 245 g/mol. The molecule has 1 aromatic carbocycles. The molecular formula is C14H15NO3. The third-order valence-corrected chi connectivity index (χ3v) is 4.40. The van der Waals surface area contributed by atoms with Gasteiger partial charge in [0.2, 0.25) is 5.91 Å². The van der Waals surface area contributed by atoms with E-state index in [1.165, 1.54) is 11.8 Å². The van der Waals surface area contributed by atoms with Crippen molar-refractivity contribution in [3.8, 4) is 0 Å². The number of hydrogen-bond donors (Lipinski definition) is 1. The van der Waals surface area contributed by atoms with Gasteiger partial charge in [-0.15, -0.1) is 0 Å². The molecule has 0 unspecified atom stereocenters. The summed E-state index contributed by atoms with van der Waals surface area (Å²) >= 11 is 0. The number of carboxylic acids is 1. The third kappa shape index (κ3) is 1.20. The highest BCUT2D eigenvalue weighted by atomic mass is 16.4. The molecule has 1 N–H and O–H groups in total. The highest BCUT2D eigenvalue weighted by molar-refractivity contribution is 5.90. The van der Waals surface area contributed by atoms with Crippen molar-refractivity contribution in [2.45, 2.75) is 30.7 Å². The number of carbonyl (C=O) groups excluding carboxylic acids is 1. The summed E-state index contributed by atoms with van der Waals surface area (Å²) in [6.45, 7) is 1.97. The van der Waals surface area contributed by atoms with E-state index in [4.69, 9.17) is 0 Å². The lowest BCUT2D eigenvalue weighted by Gasteiger charge is -2.44. The van der Waals surface area contributed by atoms with E-state index in [0.717, 1.165) is 5.56 Å². The van der Waals surface area contributed by atoms with E-state index in [9.17, 15) is 14.7 Å². The second-order valence-electron chi connectivity index (χ2n) is 5.44. The van der Waals surface area contributed by atoms with Gasteiger partial charge in [-0.25, -0.2) is 4.79 Å². The van der Waals surface area contributed by atoms with Crippen LogP contribution in [0.5, 0.6) is 0 Å². The number of carboxylic acid groups (broad SMARTS) is 1. The molecule has 3 fully saturated rings. The Morgan fingerprint density at radius 3 is 2.28 bits per heavy atom. The van der Waals surface area contributed by atoms with Crippen molar-refractivity contribution in [2.75, 3.05) is 6.54 Å².